The number of rotatable bonds is 10. The van der Waals surface area contributed by atoms with Gasteiger partial charge in [0.1, 0.15) is 5.75 Å². The van der Waals surface area contributed by atoms with Crippen molar-refractivity contribution in [3.63, 3.8) is 0 Å². The SMILES string of the molecule is CCCCCCOc1ccc(C(=O)NN=Cc2ccc(N(C)C)cc2)cc1. The first-order valence-corrected chi connectivity index (χ1v) is 9.44. The van der Waals surface area contributed by atoms with E-state index in [0.29, 0.717) is 12.2 Å². The van der Waals surface area contributed by atoms with Gasteiger partial charge in [0.05, 0.1) is 12.8 Å². The van der Waals surface area contributed by atoms with Gasteiger partial charge in [-0.1, -0.05) is 38.3 Å². The molecule has 2 aromatic rings. The monoisotopic (exact) mass is 367 g/mol. The molecule has 0 heterocycles. The molecule has 0 aliphatic rings. The summed E-state index contributed by atoms with van der Waals surface area (Å²) in [6.07, 6.45) is 6.33. The number of amides is 1. The Labute approximate surface area is 162 Å². The van der Waals surface area contributed by atoms with Crippen molar-refractivity contribution in [3.05, 3.63) is 59.7 Å². The van der Waals surface area contributed by atoms with Crippen molar-refractivity contribution in [1.82, 2.24) is 5.43 Å². The van der Waals surface area contributed by atoms with Gasteiger partial charge in [-0.2, -0.15) is 5.10 Å². The van der Waals surface area contributed by atoms with E-state index in [1.54, 1.807) is 18.3 Å². The lowest BCUT2D eigenvalue weighted by Gasteiger charge is -2.11. The summed E-state index contributed by atoms with van der Waals surface area (Å²) in [4.78, 5) is 14.2. The lowest BCUT2D eigenvalue weighted by atomic mass is 10.2. The maximum atomic E-state index is 12.1. The summed E-state index contributed by atoms with van der Waals surface area (Å²) >= 11 is 0. The van der Waals surface area contributed by atoms with Gasteiger partial charge in [0, 0.05) is 25.3 Å². The van der Waals surface area contributed by atoms with Gasteiger partial charge in [-0.15, -0.1) is 0 Å². The number of hydrogen-bond acceptors (Lipinski definition) is 4. The van der Waals surface area contributed by atoms with E-state index in [2.05, 4.69) is 17.5 Å². The first kappa shape index (κ1) is 20.5. The third kappa shape index (κ3) is 7.13. The second-order valence-electron chi connectivity index (χ2n) is 6.62. The molecule has 0 aliphatic carbocycles. The number of hydrogen-bond donors (Lipinski definition) is 1. The third-order valence-corrected chi connectivity index (χ3v) is 4.17. The largest absolute Gasteiger partial charge is 0.494 e. The quantitative estimate of drug-likeness (QED) is 0.383. The van der Waals surface area contributed by atoms with Crippen molar-refractivity contribution in [3.8, 4) is 5.75 Å². The summed E-state index contributed by atoms with van der Waals surface area (Å²) in [6.45, 7) is 2.90. The number of benzene rings is 2. The average Bonchev–Trinajstić information content (AvgIpc) is 2.68. The normalized spacial score (nSPS) is 10.8. The second kappa shape index (κ2) is 11.0. The number of anilines is 1. The summed E-state index contributed by atoms with van der Waals surface area (Å²) in [7, 11) is 3.98. The van der Waals surface area contributed by atoms with Crippen LogP contribution >= 0.6 is 0 Å². The maximum absolute atomic E-state index is 12.1. The lowest BCUT2D eigenvalue weighted by Crippen LogP contribution is -2.17. The van der Waals surface area contributed by atoms with Crippen LogP contribution in [0.2, 0.25) is 0 Å². The Morgan fingerprint density at radius 3 is 2.37 bits per heavy atom. The predicted molar refractivity (Wildman–Crippen MR) is 112 cm³/mol. The van der Waals surface area contributed by atoms with Gasteiger partial charge in [0.2, 0.25) is 0 Å². The van der Waals surface area contributed by atoms with E-state index in [-0.39, 0.29) is 5.91 Å². The van der Waals surface area contributed by atoms with Crippen LogP contribution in [0, 0.1) is 0 Å². The fourth-order valence-corrected chi connectivity index (χ4v) is 2.51. The van der Waals surface area contributed by atoms with Crippen LogP contribution in [0.3, 0.4) is 0 Å². The van der Waals surface area contributed by atoms with Gasteiger partial charge in [-0.3, -0.25) is 4.79 Å². The van der Waals surface area contributed by atoms with Crippen LogP contribution in [0.15, 0.2) is 53.6 Å². The first-order chi connectivity index (χ1) is 13.1. The number of ether oxygens (including phenoxy) is 1. The van der Waals surface area contributed by atoms with Crippen LogP contribution in [0.4, 0.5) is 5.69 Å². The molecule has 0 fully saturated rings. The highest BCUT2D eigenvalue weighted by Crippen LogP contribution is 2.13. The van der Waals surface area contributed by atoms with Crippen molar-refractivity contribution >= 4 is 17.8 Å². The van der Waals surface area contributed by atoms with Crippen LogP contribution in [0.25, 0.3) is 0 Å². The molecule has 2 rings (SSSR count). The van der Waals surface area contributed by atoms with E-state index in [9.17, 15) is 4.79 Å². The van der Waals surface area contributed by atoms with Crippen molar-refractivity contribution in [2.24, 2.45) is 5.10 Å². The minimum Gasteiger partial charge on any atom is -0.494 e. The smallest absolute Gasteiger partial charge is 0.271 e. The average molecular weight is 367 g/mol. The van der Waals surface area contributed by atoms with E-state index < -0.39 is 0 Å². The molecule has 0 radical (unpaired) electrons. The Bertz CT molecular complexity index is 722. The molecule has 0 aromatic heterocycles. The van der Waals surface area contributed by atoms with Gasteiger partial charge >= 0.3 is 0 Å². The van der Waals surface area contributed by atoms with Crippen molar-refractivity contribution in [2.45, 2.75) is 32.6 Å². The van der Waals surface area contributed by atoms with Crippen LogP contribution in [-0.2, 0) is 0 Å². The van der Waals surface area contributed by atoms with Crippen LogP contribution < -0.4 is 15.1 Å². The molecule has 5 nitrogen and oxygen atoms in total. The molecule has 0 bridgehead atoms. The van der Waals surface area contributed by atoms with Crippen LogP contribution in [-0.4, -0.2) is 32.8 Å². The summed E-state index contributed by atoms with van der Waals surface area (Å²) < 4.78 is 5.69. The molecule has 0 saturated heterocycles. The minimum absolute atomic E-state index is 0.245. The number of nitrogens with zero attached hydrogens (tertiary/aromatic N) is 2. The number of hydrazone groups is 1. The van der Waals surface area contributed by atoms with E-state index in [1.807, 2.05) is 55.4 Å². The Hall–Kier alpha value is -2.82. The standard InChI is InChI=1S/C22H29N3O2/c1-4-5-6-7-16-27-21-14-10-19(11-15-21)22(26)24-23-17-18-8-12-20(13-9-18)25(2)3/h8-15,17H,4-7,16H2,1-3H3,(H,24,26). The molecule has 1 amide bonds. The van der Waals surface area contributed by atoms with Gasteiger partial charge < -0.3 is 9.64 Å². The molecule has 0 aliphatic heterocycles. The zero-order chi connectivity index (χ0) is 19.5. The Kier molecular flexibility index (Phi) is 8.36. The second-order valence-corrected chi connectivity index (χ2v) is 6.62. The highest BCUT2D eigenvalue weighted by atomic mass is 16.5. The van der Waals surface area contributed by atoms with Gasteiger partial charge in [-0.05, 0) is 48.4 Å². The van der Waals surface area contributed by atoms with E-state index in [0.717, 1.165) is 23.4 Å². The molecule has 5 heteroatoms. The number of nitrogens with one attached hydrogen (secondary N) is 1. The van der Waals surface area contributed by atoms with Crippen molar-refractivity contribution in [2.75, 3.05) is 25.6 Å². The minimum atomic E-state index is -0.245. The summed E-state index contributed by atoms with van der Waals surface area (Å²) in [5.74, 6) is 0.540. The summed E-state index contributed by atoms with van der Waals surface area (Å²) in [5, 5.41) is 4.02. The van der Waals surface area contributed by atoms with Crippen molar-refractivity contribution < 1.29 is 9.53 Å². The molecular weight excluding hydrogens is 338 g/mol. The molecule has 144 valence electrons. The number of unbranched alkanes of at least 4 members (excludes halogenated alkanes) is 3. The molecular formula is C22H29N3O2. The molecule has 2 aromatic carbocycles. The number of carbonyl (C=O) groups is 1. The van der Waals surface area contributed by atoms with Crippen LogP contribution in [0.5, 0.6) is 5.75 Å². The lowest BCUT2D eigenvalue weighted by molar-refractivity contribution is 0.0955. The molecule has 0 saturated carbocycles. The van der Waals surface area contributed by atoms with Gasteiger partial charge in [-0.25, -0.2) is 5.43 Å². The van der Waals surface area contributed by atoms with Crippen molar-refractivity contribution in [1.29, 1.82) is 0 Å². The molecule has 27 heavy (non-hydrogen) atoms. The summed E-state index contributed by atoms with van der Waals surface area (Å²) in [5.41, 5.74) is 5.14. The Morgan fingerprint density at radius 1 is 1.04 bits per heavy atom. The highest BCUT2D eigenvalue weighted by molar-refractivity contribution is 5.95. The molecule has 1 N–H and O–H groups in total. The zero-order valence-corrected chi connectivity index (χ0v) is 16.4. The third-order valence-electron chi connectivity index (χ3n) is 4.17. The molecule has 0 spiro atoms. The first-order valence-electron chi connectivity index (χ1n) is 9.44. The van der Waals surface area contributed by atoms with Gasteiger partial charge in [0.15, 0.2) is 0 Å². The number of carbonyl (C=O) groups excluding carboxylic acids is 1. The van der Waals surface area contributed by atoms with Gasteiger partial charge in [0.25, 0.3) is 5.91 Å². The predicted octanol–water partition coefficient (Wildman–Crippen LogP) is 4.48. The molecule has 0 unspecified atom stereocenters. The maximum Gasteiger partial charge on any atom is 0.271 e. The van der Waals surface area contributed by atoms with E-state index in [4.69, 9.17) is 4.74 Å². The molecule has 0 atom stereocenters. The highest BCUT2D eigenvalue weighted by Gasteiger charge is 2.04. The topological polar surface area (TPSA) is 53.9 Å². The Morgan fingerprint density at radius 2 is 1.74 bits per heavy atom. The fraction of sp³-hybridized carbons (Fsp3) is 0.364. The fourth-order valence-electron chi connectivity index (χ4n) is 2.51. The zero-order valence-electron chi connectivity index (χ0n) is 16.4. The Balaban J connectivity index is 1.79. The van der Waals surface area contributed by atoms with Crippen LogP contribution in [0.1, 0.15) is 48.5 Å². The van der Waals surface area contributed by atoms with E-state index >= 15 is 0 Å². The van der Waals surface area contributed by atoms with E-state index in [1.165, 1.54) is 19.3 Å². The summed E-state index contributed by atoms with van der Waals surface area (Å²) in [6, 6.07) is 15.1.